The molecule has 1 N–H and O–H groups in total. The standard InChI is InChI=1S/C10H15NO3/c1-5-6-8(12)11(7-9(13)14)10(2,3)4/h1H,6-7H2,2-4H3,(H,13,14). The second-order valence-electron chi connectivity index (χ2n) is 3.93. The van der Waals surface area contributed by atoms with Crippen LogP contribution in [0.3, 0.4) is 0 Å². The van der Waals surface area contributed by atoms with Crippen molar-refractivity contribution in [1.82, 2.24) is 4.90 Å². The lowest BCUT2D eigenvalue weighted by Crippen LogP contribution is -2.48. The van der Waals surface area contributed by atoms with Crippen LogP contribution in [0.4, 0.5) is 0 Å². The van der Waals surface area contributed by atoms with Gasteiger partial charge in [-0.3, -0.25) is 9.59 Å². The maximum atomic E-state index is 11.4. The van der Waals surface area contributed by atoms with Gasteiger partial charge in [0.2, 0.25) is 5.91 Å². The number of hydrogen-bond acceptors (Lipinski definition) is 2. The van der Waals surface area contributed by atoms with E-state index in [-0.39, 0.29) is 18.9 Å². The van der Waals surface area contributed by atoms with Gasteiger partial charge in [-0.25, -0.2) is 0 Å². The van der Waals surface area contributed by atoms with E-state index in [4.69, 9.17) is 11.5 Å². The number of carboxylic acid groups (broad SMARTS) is 1. The maximum Gasteiger partial charge on any atom is 0.323 e. The normalized spacial score (nSPS) is 10.4. The number of rotatable bonds is 3. The van der Waals surface area contributed by atoms with Crippen LogP contribution in [-0.2, 0) is 9.59 Å². The fourth-order valence-electron chi connectivity index (χ4n) is 1.02. The molecule has 4 heteroatoms. The van der Waals surface area contributed by atoms with E-state index in [2.05, 4.69) is 5.92 Å². The Morgan fingerprint density at radius 2 is 1.93 bits per heavy atom. The van der Waals surface area contributed by atoms with Gasteiger partial charge in [-0.2, -0.15) is 0 Å². The summed E-state index contributed by atoms with van der Waals surface area (Å²) < 4.78 is 0. The van der Waals surface area contributed by atoms with Crippen molar-refractivity contribution in [1.29, 1.82) is 0 Å². The zero-order chi connectivity index (χ0) is 11.4. The third-order valence-electron chi connectivity index (χ3n) is 1.66. The molecule has 4 nitrogen and oxygen atoms in total. The summed E-state index contributed by atoms with van der Waals surface area (Å²) in [5.74, 6) is 0.841. The van der Waals surface area contributed by atoms with Gasteiger partial charge in [0.05, 0.1) is 6.42 Å². The van der Waals surface area contributed by atoms with Crippen molar-refractivity contribution in [3.8, 4) is 12.3 Å². The lowest BCUT2D eigenvalue weighted by atomic mass is 10.1. The maximum absolute atomic E-state index is 11.4. The summed E-state index contributed by atoms with van der Waals surface area (Å²) in [5, 5.41) is 8.62. The summed E-state index contributed by atoms with van der Waals surface area (Å²) in [4.78, 5) is 23.2. The summed E-state index contributed by atoms with van der Waals surface area (Å²) in [6.45, 7) is 4.99. The first-order valence-electron chi connectivity index (χ1n) is 4.24. The number of amides is 1. The first-order chi connectivity index (χ1) is 6.29. The summed E-state index contributed by atoms with van der Waals surface area (Å²) in [5.41, 5.74) is -0.522. The molecular formula is C10H15NO3. The molecule has 1 amide bonds. The Bertz CT molecular complexity index is 270. The molecule has 0 saturated heterocycles. The fraction of sp³-hybridized carbons (Fsp3) is 0.600. The predicted molar refractivity (Wildman–Crippen MR) is 52.6 cm³/mol. The predicted octanol–water partition coefficient (Wildman–Crippen LogP) is 0.721. The number of terminal acetylenes is 1. The van der Waals surface area contributed by atoms with Gasteiger partial charge in [0.25, 0.3) is 0 Å². The molecule has 78 valence electrons. The van der Waals surface area contributed by atoms with Gasteiger partial charge in [0.15, 0.2) is 0 Å². The van der Waals surface area contributed by atoms with Gasteiger partial charge in [-0.1, -0.05) is 5.92 Å². The minimum atomic E-state index is -1.04. The molecule has 0 aliphatic rings. The minimum absolute atomic E-state index is 0.0649. The number of carbonyl (C=O) groups excluding carboxylic acids is 1. The van der Waals surface area contributed by atoms with Gasteiger partial charge in [0.1, 0.15) is 6.54 Å². The van der Waals surface area contributed by atoms with E-state index in [1.54, 1.807) is 20.8 Å². The lowest BCUT2D eigenvalue weighted by Gasteiger charge is -2.34. The van der Waals surface area contributed by atoms with Crippen LogP contribution in [0.1, 0.15) is 27.2 Å². The molecule has 0 fully saturated rings. The molecular weight excluding hydrogens is 182 g/mol. The molecule has 0 atom stereocenters. The van der Waals surface area contributed by atoms with Crippen LogP contribution in [0.2, 0.25) is 0 Å². The molecule has 0 radical (unpaired) electrons. The van der Waals surface area contributed by atoms with Gasteiger partial charge in [-0.05, 0) is 20.8 Å². The Labute approximate surface area is 83.9 Å². The molecule has 0 spiro atoms. The van der Waals surface area contributed by atoms with Crippen LogP contribution in [0, 0.1) is 12.3 Å². The van der Waals surface area contributed by atoms with Crippen LogP contribution in [0.5, 0.6) is 0 Å². The first kappa shape index (κ1) is 12.5. The van der Waals surface area contributed by atoms with Gasteiger partial charge in [0, 0.05) is 5.54 Å². The van der Waals surface area contributed by atoms with E-state index in [1.807, 2.05) is 0 Å². The van der Waals surface area contributed by atoms with Crippen LogP contribution in [0.15, 0.2) is 0 Å². The van der Waals surface area contributed by atoms with Gasteiger partial charge < -0.3 is 10.0 Å². The molecule has 14 heavy (non-hydrogen) atoms. The summed E-state index contributed by atoms with van der Waals surface area (Å²) >= 11 is 0. The molecule has 0 heterocycles. The fourth-order valence-corrected chi connectivity index (χ4v) is 1.02. The highest BCUT2D eigenvalue weighted by molar-refractivity contribution is 5.83. The van der Waals surface area contributed by atoms with E-state index in [9.17, 15) is 9.59 Å². The molecule has 0 aliphatic heterocycles. The number of nitrogens with zero attached hydrogens (tertiary/aromatic N) is 1. The minimum Gasteiger partial charge on any atom is -0.480 e. The van der Waals surface area contributed by atoms with E-state index >= 15 is 0 Å². The molecule has 0 saturated carbocycles. The number of carbonyl (C=O) groups is 2. The van der Waals surface area contributed by atoms with Crippen molar-refractivity contribution in [3.05, 3.63) is 0 Å². The third kappa shape index (κ3) is 3.94. The molecule has 0 aromatic heterocycles. The van der Waals surface area contributed by atoms with Crippen molar-refractivity contribution in [2.45, 2.75) is 32.7 Å². The Hall–Kier alpha value is -1.50. The highest BCUT2D eigenvalue weighted by Gasteiger charge is 2.27. The number of aliphatic carboxylic acids is 1. The number of hydrogen-bond donors (Lipinski definition) is 1. The van der Waals surface area contributed by atoms with E-state index in [0.29, 0.717) is 0 Å². The van der Waals surface area contributed by atoms with E-state index < -0.39 is 11.5 Å². The van der Waals surface area contributed by atoms with Crippen molar-refractivity contribution in [2.75, 3.05) is 6.54 Å². The average Bonchev–Trinajstić information content (AvgIpc) is 1.98. The van der Waals surface area contributed by atoms with Crippen molar-refractivity contribution in [2.24, 2.45) is 0 Å². The molecule has 0 bridgehead atoms. The molecule has 0 unspecified atom stereocenters. The van der Waals surface area contributed by atoms with Crippen LogP contribution in [-0.4, -0.2) is 34.0 Å². The highest BCUT2D eigenvalue weighted by atomic mass is 16.4. The Balaban J connectivity index is 4.66. The second-order valence-corrected chi connectivity index (χ2v) is 3.93. The van der Waals surface area contributed by atoms with Crippen LogP contribution >= 0.6 is 0 Å². The van der Waals surface area contributed by atoms with Crippen molar-refractivity contribution in [3.63, 3.8) is 0 Å². The zero-order valence-corrected chi connectivity index (χ0v) is 8.70. The second kappa shape index (κ2) is 4.66. The molecule has 0 rings (SSSR count). The van der Waals surface area contributed by atoms with E-state index in [1.165, 1.54) is 4.90 Å². The summed E-state index contributed by atoms with van der Waals surface area (Å²) in [6.07, 6.45) is 4.93. The Morgan fingerprint density at radius 1 is 1.43 bits per heavy atom. The van der Waals surface area contributed by atoms with Crippen molar-refractivity contribution >= 4 is 11.9 Å². The first-order valence-corrected chi connectivity index (χ1v) is 4.24. The molecule has 0 aliphatic carbocycles. The Morgan fingerprint density at radius 3 is 2.21 bits per heavy atom. The number of carboxylic acids is 1. The summed E-state index contributed by atoms with van der Waals surface area (Å²) in [6, 6.07) is 0. The third-order valence-corrected chi connectivity index (χ3v) is 1.66. The largest absolute Gasteiger partial charge is 0.480 e. The topological polar surface area (TPSA) is 57.6 Å². The van der Waals surface area contributed by atoms with Crippen LogP contribution < -0.4 is 0 Å². The van der Waals surface area contributed by atoms with Crippen LogP contribution in [0.25, 0.3) is 0 Å². The quantitative estimate of drug-likeness (QED) is 0.678. The van der Waals surface area contributed by atoms with E-state index in [0.717, 1.165) is 0 Å². The highest BCUT2D eigenvalue weighted by Crippen LogP contribution is 2.13. The SMILES string of the molecule is C#CCC(=O)N(CC(=O)O)C(C)(C)C. The van der Waals surface area contributed by atoms with Gasteiger partial charge in [-0.15, -0.1) is 6.42 Å². The molecule has 0 aromatic rings. The molecule has 0 aromatic carbocycles. The van der Waals surface area contributed by atoms with Crippen molar-refractivity contribution < 1.29 is 14.7 Å². The zero-order valence-electron chi connectivity index (χ0n) is 8.70. The Kier molecular flexibility index (Phi) is 4.16. The monoisotopic (exact) mass is 197 g/mol. The average molecular weight is 197 g/mol. The van der Waals surface area contributed by atoms with Gasteiger partial charge >= 0.3 is 5.97 Å². The smallest absolute Gasteiger partial charge is 0.323 e. The summed E-state index contributed by atoms with van der Waals surface area (Å²) in [7, 11) is 0. The lowest BCUT2D eigenvalue weighted by molar-refractivity contribution is -0.147.